The van der Waals surface area contributed by atoms with Gasteiger partial charge in [-0.25, -0.2) is 10.9 Å². The molecule has 0 fully saturated rings. The third-order valence-corrected chi connectivity index (χ3v) is 11.2. The first-order valence-corrected chi connectivity index (χ1v) is 18.0. The van der Waals surface area contributed by atoms with Gasteiger partial charge in [0.15, 0.2) is 11.6 Å². The van der Waals surface area contributed by atoms with E-state index in [9.17, 15) is 50.4 Å². The van der Waals surface area contributed by atoms with Crippen molar-refractivity contribution in [3.63, 3.8) is 0 Å². The number of carbonyl (C=O) groups is 2. The Bertz CT molecular complexity index is 951. The normalized spacial score (nSPS) is 18.3. The number of rotatable bonds is 28. The van der Waals surface area contributed by atoms with Gasteiger partial charge in [-0.05, 0) is 65.3 Å². The summed E-state index contributed by atoms with van der Waals surface area (Å²) in [6.07, 6.45) is -7.90. The molecule has 0 aliphatic carbocycles. The Morgan fingerprint density at radius 1 is 0.531 bits per heavy atom. The fourth-order valence-corrected chi connectivity index (χ4v) is 6.22. The summed E-state index contributed by atoms with van der Waals surface area (Å²) in [5, 5.41) is 92.9. The monoisotopic (exact) mass is 710 g/mol. The maximum atomic E-state index is 14.6. The van der Waals surface area contributed by atoms with Gasteiger partial charge in [-0.3, -0.25) is 20.2 Å². The minimum Gasteiger partial charge on any atom is -0.394 e. The second kappa shape index (κ2) is 21.4. The number of ketones is 2. The molecule has 0 bridgehead atoms. The van der Waals surface area contributed by atoms with E-state index < -0.39 is 95.8 Å². The molecule has 0 amide bonds. The number of hydrogen-bond acceptors (Lipinski definition) is 15. The van der Waals surface area contributed by atoms with Gasteiger partial charge >= 0.3 is 0 Å². The minimum absolute atomic E-state index is 0.207. The van der Waals surface area contributed by atoms with Crippen LogP contribution in [0.4, 0.5) is 0 Å². The highest BCUT2D eigenvalue weighted by Gasteiger charge is 2.49. The molecular weight excluding hydrogens is 638 g/mol. The van der Waals surface area contributed by atoms with E-state index in [0.717, 1.165) is 0 Å². The zero-order chi connectivity index (χ0) is 38.4. The molecule has 0 saturated carbocycles. The molecule has 15 nitrogen and oxygen atoms in total. The lowest BCUT2D eigenvalue weighted by molar-refractivity contribution is -0.142. The van der Waals surface area contributed by atoms with Crippen LogP contribution in [0.5, 0.6) is 0 Å². The summed E-state index contributed by atoms with van der Waals surface area (Å²) in [6, 6.07) is -2.83. The lowest BCUT2D eigenvalue weighted by atomic mass is 9.80. The number of hydrogen-bond donors (Lipinski definition) is 13. The molecular formula is C34H71N5O10. The summed E-state index contributed by atoms with van der Waals surface area (Å²) >= 11 is 0. The van der Waals surface area contributed by atoms with E-state index in [1.54, 1.807) is 20.9 Å². The zero-order valence-corrected chi connectivity index (χ0v) is 31.6. The van der Waals surface area contributed by atoms with Crippen molar-refractivity contribution in [2.75, 3.05) is 20.3 Å². The first-order valence-electron chi connectivity index (χ1n) is 18.0. The predicted octanol–water partition coefficient (Wildman–Crippen LogP) is -1.28. The van der Waals surface area contributed by atoms with Gasteiger partial charge in [-0.15, -0.1) is 0 Å². The highest BCUT2D eigenvalue weighted by molar-refractivity contribution is 5.94. The van der Waals surface area contributed by atoms with Gasteiger partial charge < -0.3 is 46.2 Å². The molecule has 8 atom stereocenters. The molecule has 0 radical (unpaired) electrons. The maximum Gasteiger partial charge on any atom is 0.173 e. The molecule has 0 saturated heterocycles. The van der Waals surface area contributed by atoms with Crippen LogP contribution in [-0.4, -0.2) is 144 Å². The Labute approximate surface area is 293 Å². The van der Waals surface area contributed by atoms with Gasteiger partial charge in [0.05, 0.1) is 42.0 Å². The van der Waals surface area contributed by atoms with Gasteiger partial charge in [-0.1, -0.05) is 55.4 Å². The van der Waals surface area contributed by atoms with E-state index >= 15 is 0 Å². The highest BCUT2D eigenvalue weighted by Crippen LogP contribution is 2.27. The van der Waals surface area contributed by atoms with Gasteiger partial charge in [-0.2, -0.15) is 0 Å². The van der Waals surface area contributed by atoms with Gasteiger partial charge in [0.25, 0.3) is 0 Å². The number of likely N-dealkylation sites (N-methyl/N-ethyl adjacent to an activating group) is 1. The molecule has 49 heavy (non-hydrogen) atoms. The molecule has 0 aliphatic rings. The van der Waals surface area contributed by atoms with Crippen molar-refractivity contribution in [1.82, 2.24) is 26.8 Å². The molecule has 13 N–H and O–H groups in total. The van der Waals surface area contributed by atoms with Crippen molar-refractivity contribution in [1.29, 1.82) is 0 Å². The van der Waals surface area contributed by atoms with Crippen LogP contribution in [0.15, 0.2) is 0 Å². The molecule has 15 heteroatoms. The van der Waals surface area contributed by atoms with Crippen LogP contribution in [0.3, 0.4) is 0 Å². The summed E-state index contributed by atoms with van der Waals surface area (Å²) in [7, 11) is 1.62. The summed E-state index contributed by atoms with van der Waals surface area (Å²) < 4.78 is 0. The molecule has 0 heterocycles. The van der Waals surface area contributed by atoms with Crippen molar-refractivity contribution in [3.05, 3.63) is 0 Å². The number of carbonyl (C=O) groups excluding carboxylic acids is 2. The van der Waals surface area contributed by atoms with E-state index in [4.69, 9.17) is 0 Å². The summed E-state index contributed by atoms with van der Waals surface area (Å²) in [5.74, 6) is -0.989. The molecule has 292 valence electrons. The number of aliphatic hydroxyl groups is 8. The van der Waals surface area contributed by atoms with Crippen LogP contribution in [0.25, 0.3) is 0 Å². The molecule has 0 spiro atoms. The average molecular weight is 710 g/mol. The van der Waals surface area contributed by atoms with Crippen LogP contribution in [0.1, 0.15) is 114 Å². The Morgan fingerprint density at radius 3 is 1.20 bits per heavy atom. The van der Waals surface area contributed by atoms with Crippen molar-refractivity contribution in [2.24, 2.45) is 0 Å². The Kier molecular flexibility index (Phi) is 20.9. The quantitative estimate of drug-likeness (QED) is 0.0334. The molecule has 0 aromatic carbocycles. The maximum absolute atomic E-state index is 14.6. The van der Waals surface area contributed by atoms with Crippen LogP contribution in [0, 0.1) is 0 Å². The van der Waals surface area contributed by atoms with Gasteiger partial charge in [0.1, 0.15) is 36.6 Å². The van der Waals surface area contributed by atoms with E-state index in [2.05, 4.69) is 26.8 Å². The van der Waals surface area contributed by atoms with Crippen LogP contribution >= 0.6 is 0 Å². The molecule has 0 aliphatic heterocycles. The molecule has 0 rings (SSSR count). The van der Waals surface area contributed by atoms with Gasteiger partial charge in [0, 0.05) is 5.54 Å². The molecule has 8 unspecified atom stereocenters. The lowest BCUT2D eigenvalue weighted by Crippen LogP contribution is -2.75. The van der Waals surface area contributed by atoms with Crippen LogP contribution in [-0.2, 0) is 9.59 Å². The predicted molar refractivity (Wildman–Crippen MR) is 188 cm³/mol. The van der Waals surface area contributed by atoms with E-state index in [0.29, 0.717) is 38.5 Å². The number of aliphatic hydroxyl groups excluding tert-OH is 8. The Balaban J connectivity index is 7.03. The standard InChI is InChI=1S/C34H71N5O10/c1-11-31(9,12-2)36-23(27(46)25(44)21(42)19-40)30(49)33(15-5,16-6)38-39-34(17-7,18-8)37-24(28(47)26(45)22(43)20-41)29(48)32(13-3,14-4)35-10/h21-28,35-47H,11-20H2,1-10H3. The van der Waals surface area contributed by atoms with Gasteiger partial charge in [0.2, 0.25) is 0 Å². The van der Waals surface area contributed by atoms with Crippen molar-refractivity contribution >= 4 is 11.6 Å². The summed E-state index contributed by atoms with van der Waals surface area (Å²) in [6.45, 7) is 14.9. The number of nitrogens with one attached hydrogen (secondary N) is 5. The zero-order valence-electron chi connectivity index (χ0n) is 31.6. The third-order valence-electron chi connectivity index (χ3n) is 11.2. The minimum atomic E-state index is -1.87. The number of Topliss-reactive ketones (excluding diaryl/α,β-unsaturated/α-hetero) is 2. The Hall–Kier alpha value is -1.18. The van der Waals surface area contributed by atoms with E-state index in [-0.39, 0.29) is 12.8 Å². The largest absolute Gasteiger partial charge is 0.394 e. The smallest absolute Gasteiger partial charge is 0.173 e. The van der Waals surface area contributed by atoms with Crippen molar-refractivity contribution in [3.8, 4) is 0 Å². The number of hydrazine groups is 1. The second-order valence-corrected chi connectivity index (χ2v) is 13.6. The third kappa shape index (κ3) is 11.4. The summed E-state index contributed by atoms with van der Waals surface area (Å²) in [4.78, 5) is 28.8. The van der Waals surface area contributed by atoms with Crippen molar-refractivity contribution < 1.29 is 50.4 Å². The lowest BCUT2D eigenvalue weighted by Gasteiger charge is -2.46. The fraction of sp³-hybridized carbons (Fsp3) is 0.941. The second-order valence-electron chi connectivity index (χ2n) is 13.6. The molecule has 0 aromatic rings. The first-order chi connectivity index (χ1) is 22.9. The molecule has 0 aromatic heterocycles. The topological polar surface area (TPSA) is 256 Å². The van der Waals surface area contributed by atoms with E-state index in [1.807, 2.05) is 48.5 Å². The highest BCUT2D eigenvalue weighted by atomic mass is 16.4. The SMILES string of the molecule is CCC(C)(CC)NC(C(=O)C(CC)(CC)NNC(CC)(CC)NC(C(=O)C(CC)(CC)NC)C(O)C(O)C(O)CO)C(O)C(O)C(O)CO. The fourth-order valence-electron chi connectivity index (χ4n) is 6.22. The summed E-state index contributed by atoms with van der Waals surface area (Å²) in [5.41, 5.74) is 2.07. The first kappa shape index (κ1) is 47.8. The Morgan fingerprint density at radius 2 is 0.898 bits per heavy atom. The average Bonchev–Trinajstić information content (AvgIpc) is 3.14. The van der Waals surface area contributed by atoms with Crippen LogP contribution in [0.2, 0.25) is 0 Å². The van der Waals surface area contributed by atoms with Crippen molar-refractivity contribution in [2.45, 2.75) is 185 Å². The van der Waals surface area contributed by atoms with E-state index in [1.165, 1.54) is 0 Å². The van der Waals surface area contributed by atoms with Crippen LogP contribution < -0.4 is 26.8 Å².